The summed E-state index contributed by atoms with van der Waals surface area (Å²) in [6, 6.07) is 8.92. The number of aromatic nitrogens is 1. The molecular weight excluding hydrogens is 314 g/mol. The Bertz CT molecular complexity index is 662. The monoisotopic (exact) mass is 329 g/mol. The van der Waals surface area contributed by atoms with Crippen LogP contribution in [-0.4, -0.2) is 61.8 Å². The van der Waals surface area contributed by atoms with Crippen molar-refractivity contribution in [1.29, 1.82) is 0 Å². The molecule has 0 bridgehead atoms. The lowest BCUT2D eigenvalue weighted by atomic mass is 9.99. The number of ether oxygens (including phenoxy) is 2. The summed E-state index contributed by atoms with van der Waals surface area (Å²) in [6.07, 6.45) is -6.64. The maximum Gasteiger partial charge on any atom is 0.210 e. The fourth-order valence-corrected chi connectivity index (χ4v) is 2.76. The molecule has 1 aliphatic heterocycles. The minimum atomic E-state index is -1.51. The van der Waals surface area contributed by atoms with Crippen LogP contribution < -0.4 is 4.74 Å². The Morgan fingerprint density at radius 2 is 1.91 bits per heavy atom. The first-order valence-corrected chi connectivity index (χ1v) is 7.10. The smallest absolute Gasteiger partial charge is 0.210 e. The SMILES string of the molecule is OC[C@H]1OC(O)[C@H](Oc2cc3ccccc3n2Cl)[C@@H](O)[C@H]1O. The maximum atomic E-state index is 10.1. The Morgan fingerprint density at radius 3 is 2.59 bits per heavy atom. The van der Waals surface area contributed by atoms with Crippen molar-refractivity contribution in [1.82, 2.24) is 4.09 Å². The zero-order chi connectivity index (χ0) is 15.9. The molecule has 2 aromatic rings. The number of hydrogen-bond donors (Lipinski definition) is 4. The molecule has 0 saturated carbocycles. The standard InChI is InChI=1S/C14H16ClNO6/c15-16-8-4-2-1-3-7(8)5-10(16)22-13-12(19)11(18)9(6-17)21-14(13)20/h1-5,9,11-14,17-20H,6H2/t9-,11+,12+,13-,14?/m1/s1. The topological polar surface area (TPSA) is 104 Å². The molecule has 3 rings (SSSR count). The molecule has 22 heavy (non-hydrogen) atoms. The molecule has 2 heterocycles. The average Bonchev–Trinajstić information content (AvgIpc) is 2.84. The van der Waals surface area contributed by atoms with Gasteiger partial charge in [-0.25, -0.2) is 4.09 Å². The summed E-state index contributed by atoms with van der Waals surface area (Å²) in [6.45, 7) is -0.530. The van der Waals surface area contributed by atoms with Crippen molar-refractivity contribution in [3.8, 4) is 5.88 Å². The number of halogens is 1. The number of rotatable bonds is 3. The molecule has 0 spiro atoms. The lowest BCUT2D eigenvalue weighted by molar-refractivity contribution is -0.281. The third-order valence-electron chi connectivity index (χ3n) is 3.72. The Balaban J connectivity index is 1.86. The van der Waals surface area contributed by atoms with Gasteiger partial charge in [-0.3, -0.25) is 0 Å². The summed E-state index contributed by atoms with van der Waals surface area (Å²) in [5.74, 6) is 0.198. The number of para-hydroxylation sites is 1. The molecule has 5 atom stereocenters. The first kappa shape index (κ1) is 15.5. The van der Waals surface area contributed by atoms with Crippen LogP contribution in [0.25, 0.3) is 10.9 Å². The maximum absolute atomic E-state index is 10.1. The minimum Gasteiger partial charge on any atom is -0.466 e. The van der Waals surface area contributed by atoms with Crippen LogP contribution in [0.1, 0.15) is 0 Å². The zero-order valence-electron chi connectivity index (χ0n) is 11.4. The number of aliphatic hydroxyl groups excluding tert-OH is 4. The van der Waals surface area contributed by atoms with Crippen LogP contribution in [-0.2, 0) is 4.74 Å². The highest BCUT2D eigenvalue weighted by Crippen LogP contribution is 2.30. The van der Waals surface area contributed by atoms with E-state index < -0.39 is 37.3 Å². The van der Waals surface area contributed by atoms with Gasteiger partial charge in [0.05, 0.1) is 12.1 Å². The highest BCUT2D eigenvalue weighted by Gasteiger charge is 2.45. The quantitative estimate of drug-likeness (QED) is 0.623. The second kappa shape index (κ2) is 6.04. The second-order valence-corrected chi connectivity index (χ2v) is 5.47. The lowest BCUT2D eigenvalue weighted by Crippen LogP contribution is -2.60. The highest BCUT2D eigenvalue weighted by molar-refractivity contribution is 6.20. The zero-order valence-corrected chi connectivity index (χ0v) is 12.2. The van der Waals surface area contributed by atoms with Gasteiger partial charge in [0.2, 0.25) is 5.88 Å². The Kier molecular flexibility index (Phi) is 4.26. The predicted molar refractivity (Wildman–Crippen MR) is 77.6 cm³/mol. The molecule has 1 fully saturated rings. The number of nitrogens with zero attached hydrogens (tertiary/aromatic N) is 1. The first-order chi connectivity index (χ1) is 10.5. The molecule has 0 radical (unpaired) electrons. The molecule has 0 aliphatic carbocycles. The van der Waals surface area contributed by atoms with E-state index in [0.29, 0.717) is 5.52 Å². The number of hydrogen-bond acceptors (Lipinski definition) is 6. The average molecular weight is 330 g/mol. The summed E-state index contributed by atoms with van der Waals surface area (Å²) >= 11 is 6.15. The van der Waals surface area contributed by atoms with Gasteiger partial charge in [-0.1, -0.05) is 18.2 Å². The van der Waals surface area contributed by atoms with E-state index in [1.165, 1.54) is 4.09 Å². The molecule has 4 N–H and O–H groups in total. The van der Waals surface area contributed by atoms with E-state index in [2.05, 4.69) is 0 Å². The molecule has 7 nitrogen and oxygen atoms in total. The van der Waals surface area contributed by atoms with E-state index in [4.69, 9.17) is 26.4 Å². The fraction of sp³-hybridized carbons (Fsp3) is 0.429. The molecule has 1 aliphatic rings. The van der Waals surface area contributed by atoms with Gasteiger partial charge >= 0.3 is 0 Å². The number of aliphatic hydroxyl groups is 4. The Labute approximate surface area is 131 Å². The summed E-state index contributed by atoms with van der Waals surface area (Å²) in [7, 11) is 0. The summed E-state index contributed by atoms with van der Waals surface area (Å²) in [5, 5.41) is 39.7. The van der Waals surface area contributed by atoms with Crippen LogP contribution in [0.15, 0.2) is 30.3 Å². The van der Waals surface area contributed by atoms with Crippen molar-refractivity contribution >= 4 is 22.7 Å². The summed E-state index contributed by atoms with van der Waals surface area (Å²) < 4.78 is 11.8. The van der Waals surface area contributed by atoms with E-state index in [0.717, 1.165) is 5.39 Å². The third kappa shape index (κ3) is 2.56. The molecule has 120 valence electrons. The third-order valence-corrected chi connectivity index (χ3v) is 4.07. The van der Waals surface area contributed by atoms with Crippen LogP contribution in [0.2, 0.25) is 0 Å². The van der Waals surface area contributed by atoms with Gasteiger partial charge in [-0.05, 0) is 6.07 Å². The number of fused-ring (bicyclic) bond motifs is 1. The molecule has 1 unspecified atom stereocenters. The molecule has 1 aromatic carbocycles. The molecule has 1 saturated heterocycles. The van der Waals surface area contributed by atoms with Gasteiger partial charge in [0.15, 0.2) is 12.4 Å². The second-order valence-electron chi connectivity index (χ2n) is 5.13. The van der Waals surface area contributed by atoms with Crippen LogP contribution in [0, 0.1) is 0 Å². The molecule has 0 amide bonds. The summed E-state index contributed by atoms with van der Waals surface area (Å²) in [5.41, 5.74) is 0.702. The van der Waals surface area contributed by atoms with E-state index in [-0.39, 0.29) is 5.88 Å². The van der Waals surface area contributed by atoms with Crippen LogP contribution in [0.3, 0.4) is 0 Å². The van der Waals surface area contributed by atoms with Crippen molar-refractivity contribution in [2.45, 2.75) is 30.7 Å². The Hall–Kier alpha value is -1.35. The van der Waals surface area contributed by atoms with Gasteiger partial charge < -0.3 is 29.9 Å². The molecule has 1 aromatic heterocycles. The minimum absolute atomic E-state index is 0.198. The van der Waals surface area contributed by atoms with E-state index in [1.807, 2.05) is 18.2 Å². The van der Waals surface area contributed by atoms with Crippen molar-refractivity contribution < 1.29 is 29.9 Å². The van der Waals surface area contributed by atoms with Crippen LogP contribution in [0.5, 0.6) is 5.88 Å². The van der Waals surface area contributed by atoms with Gasteiger partial charge in [-0.2, -0.15) is 0 Å². The molecular formula is C14H16ClNO6. The van der Waals surface area contributed by atoms with Gasteiger partial charge in [-0.15, -0.1) is 0 Å². The van der Waals surface area contributed by atoms with E-state index in [9.17, 15) is 15.3 Å². The summed E-state index contributed by atoms with van der Waals surface area (Å²) in [4.78, 5) is 0. The number of benzene rings is 1. The van der Waals surface area contributed by atoms with Crippen molar-refractivity contribution in [2.24, 2.45) is 0 Å². The van der Waals surface area contributed by atoms with Gasteiger partial charge in [0.25, 0.3) is 0 Å². The van der Waals surface area contributed by atoms with Crippen LogP contribution >= 0.6 is 11.8 Å². The van der Waals surface area contributed by atoms with Crippen molar-refractivity contribution in [3.05, 3.63) is 30.3 Å². The van der Waals surface area contributed by atoms with E-state index >= 15 is 0 Å². The predicted octanol–water partition coefficient (Wildman–Crippen LogP) is -0.178. The normalized spacial score (nSPS) is 32.3. The van der Waals surface area contributed by atoms with Gasteiger partial charge in [0.1, 0.15) is 18.3 Å². The van der Waals surface area contributed by atoms with Crippen molar-refractivity contribution in [3.63, 3.8) is 0 Å². The van der Waals surface area contributed by atoms with Crippen molar-refractivity contribution in [2.75, 3.05) is 6.61 Å². The molecule has 8 heteroatoms. The van der Waals surface area contributed by atoms with Gasteiger partial charge in [0, 0.05) is 23.2 Å². The fourth-order valence-electron chi connectivity index (χ4n) is 2.52. The van der Waals surface area contributed by atoms with Crippen LogP contribution in [0.4, 0.5) is 0 Å². The lowest BCUT2D eigenvalue weighted by Gasteiger charge is -2.39. The largest absolute Gasteiger partial charge is 0.466 e. The first-order valence-electron chi connectivity index (χ1n) is 6.76. The Morgan fingerprint density at radius 1 is 1.18 bits per heavy atom. The van der Waals surface area contributed by atoms with E-state index in [1.54, 1.807) is 12.1 Å². The highest BCUT2D eigenvalue weighted by atomic mass is 35.5.